The zero-order chi connectivity index (χ0) is 12.7. The number of amides is 1. The number of primary amides is 1. The Balaban J connectivity index is 2.56. The number of hydrogen-bond donors (Lipinski definition) is 2. The van der Waals surface area contributed by atoms with Crippen LogP contribution < -0.4 is 15.8 Å². The summed E-state index contributed by atoms with van der Waals surface area (Å²) in [5, 5.41) is 3.20. The molecule has 5 heteroatoms. The second-order valence-electron chi connectivity index (χ2n) is 3.77. The van der Waals surface area contributed by atoms with Crippen LogP contribution in [0.5, 0.6) is 5.88 Å². The fourth-order valence-electron chi connectivity index (χ4n) is 1.35. The normalized spacial score (nSPS) is 10.2. The molecule has 94 valence electrons. The first-order valence-electron chi connectivity index (χ1n) is 5.76. The molecule has 0 aliphatic carbocycles. The van der Waals surface area contributed by atoms with Crippen LogP contribution in [0.4, 0.5) is 0 Å². The molecule has 3 N–H and O–H groups in total. The van der Waals surface area contributed by atoms with Gasteiger partial charge < -0.3 is 15.8 Å². The van der Waals surface area contributed by atoms with Crippen LogP contribution in [0.15, 0.2) is 12.1 Å². The van der Waals surface area contributed by atoms with Crippen molar-refractivity contribution in [1.29, 1.82) is 0 Å². The Labute approximate surface area is 101 Å². The number of aromatic nitrogens is 1. The Morgan fingerprint density at radius 2 is 2.24 bits per heavy atom. The number of nitrogens with two attached hydrogens (primary N) is 1. The van der Waals surface area contributed by atoms with Gasteiger partial charge in [-0.2, -0.15) is 0 Å². The molecule has 0 spiro atoms. The SMILES string of the molecule is CCCNCCOc1nc(C)ccc1C(N)=O. The van der Waals surface area contributed by atoms with E-state index in [2.05, 4.69) is 17.2 Å². The van der Waals surface area contributed by atoms with E-state index in [-0.39, 0.29) is 0 Å². The van der Waals surface area contributed by atoms with Crippen molar-refractivity contribution >= 4 is 5.91 Å². The van der Waals surface area contributed by atoms with Crippen LogP contribution in [0.2, 0.25) is 0 Å². The lowest BCUT2D eigenvalue weighted by Crippen LogP contribution is -2.23. The van der Waals surface area contributed by atoms with Gasteiger partial charge in [-0.3, -0.25) is 4.79 Å². The number of nitrogens with zero attached hydrogens (tertiary/aromatic N) is 1. The molecule has 1 heterocycles. The number of carbonyl (C=O) groups is 1. The van der Waals surface area contributed by atoms with E-state index in [1.807, 2.05) is 6.92 Å². The van der Waals surface area contributed by atoms with Crippen molar-refractivity contribution in [2.75, 3.05) is 19.7 Å². The van der Waals surface area contributed by atoms with Crippen molar-refractivity contribution in [1.82, 2.24) is 10.3 Å². The minimum Gasteiger partial charge on any atom is -0.476 e. The molecule has 0 saturated heterocycles. The second kappa shape index (κ2) is 6.85. The fraction of sp³-hybridized carbons (Fsp3) is 0.500. The van der Waals surface area contributed by atoms with Crippen LogP contribution in [0, 0.1) is 6.92 Å². The number of rotatable bonds is 7. The summed E-state index contributed by atoms with van der Waals surface area (Å²) in [6, 6.07) is 3.38. The molecule has 17 heavy (non-hydrogen) atoms. The highest BCUT2D eigenvalue weighted by Crippen LogP contribution is 2.15. The van der Waals surface area contributed by atoms with Gasteiger partial charge in [0.15, 0.2) is 0 Å². The Morgan fingerprint density at radius 3 is 2.88 bits per heavy atom. The number of nitrogens with one attached hydrogen (secondary N) is 1. The van der Waals surface area contributed by atoms with E-state index in [4.69, 9.17) is 10.5 Å². The molecule has 0 saturated carbocycles. The monoisotopic (exact) mass is 237 g/mol. The number of pyridine rings is 1. The van der Waals surface area contributed by atoms with Crippen LogP contribution in [0.3, 0.4) is 0 Å². The van der Waals surface area contributed by atoms with E-state index in [9.17, 15) is 4.79 Å². The molecule has 0 fully saturated rings. The van der Waals surface area contributed by atoms with Gasteiger partial charge in [-0.15, -0.1) is 0 Å². The first-order chi connectivity index (χ1) is 8.15. The summed E-state index contributed by atoms with van der Waals surface area (Å²) in [4.78, 5) is 15.3. The Hall–Kier alpha value is -1.62. The van der Waals surface area contributed by atoms with Crippen molar-refractivity contribution in [3.8, 4) is 5.88 Å². The summed E-state index contributed by atoms with van der Waals surface area (Å²) in [5.74, 6) is -0.204. The summed E-state index contributed by atoms with van der Waals surface area (Å²) >= 11 is 0. The minimum atomic E-state index is -0.519. The molecule has 0 atom stereocenters. The van der Waals surface area contributed by atoms with Crippen LogP contribution in [-0.4, -0.2) is 30.6 Å². The smallest absolute Gasteiger partial charge is 0.254 e. The predicted octanol–water partition coefficient (Wildman–Crippen LogP) is 0.867. The molecule has 1 rings (SSSR count). The standard InChI is InChI=1S/C12H19N3O2/c1-3-6-14-7-8-17-12-10(11(13)16)5-4-9(2)15-12/h4-5,14H,3,6-8H2,1-2H3,(H2,13,16). The van der Waals surface area contributed by atoms with Gasteiger partial charge in [-0.1, -0.05) is 6.92 Å². The van der Waals surface area contributed by atoms with Crippen molar-refractivity contribution in [2.45, 2.75) is 20.3 Å². The Kier molecular flexibility index (Phi) is 5.42. The van der Waals surface area contributed by atoms with Gasteiger partial charge >= 0.3 is 0 Å². The molecular weight excluding hydrogens is 218 g/mol. The van der Waals surface area contributed by atoms with Crippen molar-refractivity contribution in [3.05, 3.63) is 23.4 Å². The molecule has 0 unspecified atom stereocenters. The summed E-state index contributed by atoms with van der Waals surface area (Å²) in [7, 11) is 0. The zero-order valence-corrected chi connectivity index (χ0v) is 10.3. The topological polar surface area (TPSA) is 77.2 Å². The summed E-state index contributed by atoms with van der Waals surface area (Å²) < 4.78 is 5.45. The van der Waals surface area contributed by atoms with E-state index >= 15 is 0 Å². The molecule has 1 aromatic rings. The number of aryl methyl sites for hydroxylation is 1. The van der Waals surface area contributed by atoms with Crippen molar-refractivity contribution in [2.24, 2.45) is 5.73 Å². The third-order valence-corrected chi connectivity index (χ3v) is 2.21. The maximum Gasteiger partial charge on any atom is 0.254 e. The van der Waals surface area contributed by atoms with E-state index in [1.165, 1.54) is 0 Å². The van der Waals surface area contributed by atoms with Crippen LogP contribution in [0.25, 0.3) is 0 Å². The van der Waals surface area contributed by atoms with Gasteiger partial charge in [0.25, 0.3) is 5.91 Å². The lowest BCUT2D eigenvalue weighted by Gasteiger charge is -2.09. The first-order valence-corrected chi connectivity index (χ1v) is 5.76. The molecule has 5 nitrogen and oxygen atoms in total. The maximum absolute atomic E-state index is 11.2. The van der Waals surface area contributed by atoms with Gasteiger partial charge in [-0.05, 0) is 32.0 Å². The van der Waals surface area contributed by atoms with Gasteiger partial charge in [0.2, 0.25) is 5.88 Å². The van der Waals surface area contributed by atoms with Crippen LogP contribution in [0.1, 0.15) is 29.4 Å². The first kappa shape index (κ1) is 13.4. The molecule has 0 aliphatic heterocycles. The molecule has 0 aliphatic rings. The van der Waals surface area contributed by atoms with Crippen molar-refractivity contribution < 1.29 is 9.53 Å². The van der Waals surface area contributed by atoms with Gasteiger partial charge in [0.1, 0.15) is 12.2 Å². The third-order valence-electron chi connectivity index (χ3n) is 2.21. The fourth-order valence-corrected chi connectivity index (χ4v) is 1.35. The van der Waals surface area contributed by atoms with Crippen LogP contribution in [-0.2, 0) is 0 Å². The number of hydrogen-bond acceptors (Lipinski definition) is 4. The second-order valence-corrected chi connectivity index (χ2v) is 3.77. The summed E-state index contributed by atoms with van der Waals surface area (Å²) in [6.07, 6.45) is 1.08. The largest absolute Gasteiger partial charge is 0.476 e. The maximum atomic E-state index is 11.2. The number of carbonyl (C=O) groups excluding carboxylic acids is 1. The molecule has 0 bridgehead atoms. The number of ether oxygens (including phenoxy) is 1. The zero-order valence-electron chi connectivity index (χ0n) is 10.3. The lowest BCUT2D eigenvalue weighted by atomic mass is 10.2. The van der Waals surface area contributed by atoms with Gasteiger partial charge in [0, 0.05) is 12.2 Å². The molecule has 1 amide bonds. The molecule has 0 aromatic carbocycles. The Morgan fingerprint density at radius 1 is 1.47 bits per heavy atom. The minimum absolute atomic E-state index is 0.316. The predicted molar refractivity (Wildman–Crippen MR) is 66.1 cm³/mol. The van der Waals surface area contributed by atoms with Gasteiger partial charge in [-0.25, -0.2) is 4.98 Å². The van der Waals surface area contributed by atoms with Crippen LogP contribution >= 0.6 is 0 Å². The Bertz CT molecular complexity index is 380. The molecule has 0 radical (unpaired) electrons. The van der Waals surface area contributed by atoms with Crippen molar-refractivity contribution in [3.63, 3.8) is 0 Å². The van der Waals surface area contributed by atoms with E-state index in [0.29, 0.717) is 18.1 Å². The van der Waals surface area contributed by atoms with E-state index in [1.54, 1.807) is 12.1 Å². The highest BCUT2D eigenvalue weighted by Gasteiger charge is 2.10. The third kappa shape index (κ3) is 4.40. The average molecular weight is 237 g/mol. The lowest BCUT2D eigenvalue weighted by molar-refractivity contribution is 0.0995. The highest BCUT2D eigenvalue weighted by molar-refractivity contribution is 5.95. The van der Waals surface area contributed by atoms with E-state index < -0.39 is 5.91 Å². The summed E-state index contributed by atoms with van der Waals surface area (Å²) in [6.45, 7) is 6.08. The average Bonchev–Trinajstić information content (AvgIpc) is 2.28. The quantitative estimate of drug-likeness (QED) is 0.690. The molecule has 1 aromatic heterocycles. The highest BCUT2D eigenvalue weighted by atomic mass is 16.5. The molecular formula is C12H19N3O2. The van der Waals surface area contributed by atoms with Gasteiger partial charge in [0.05, 0.1) is 0 Å². The summed E-state index contributed by atoms with van der Waals surface area (Å²) in [5.41, 5.74) is 6.36. The van der Waals surface area contributed by atoms with E-state index in [0.717, 1.165) is 25.2 Å².